The standard InChI is InChI=1S/C14H20N2O5/c1-3-7-15-12(14(17)18)6-8-21-11-4-5-13(16(19)20)10(2)9-11/h4-5,9,12,15H,3,6-8H2,1-2H3,(H,17,18). The van der Waals surface area contributed by atoms with Crippen LogP contribution in [0.15, 0.2) is 18.2 Å². The van der Waals surface area contributed by atoms with Crippen LogP contribution < -0.4 is 10.1 Å². The lowest BCUT2D eigenvalue weighted by atomic mass is 10.2. The highest BCUT2D eigenvalue weighted by Crippen LogP contribution is 2.23. The van der Waals surface area contributed by atoms with Crippen molar-refractivity contribution in [1.82, 2.24) is 5.32 Å². The molecule has 7 heteroatoms. The van der Waals surface area contributed by atoms with Crippen LogP contribution in [0.4, 0.5) is 5.69 Å². The average molecular weight is 296 g/mol. The normalized spacial score (nSPS) is 11.9. The van der Waals surface area contributed by atoms with Gasteiger partial charge in [0, 0.05) is 18.1 Å². The van der Waals surface area contributed by atoms with Crippen molar-refractivity contribution >= 4 is 11.7 Å². The first-order valence-electron chi connectivity index (χ1n) is 6.79. The molecule has 1 rings (SSSR count). The number of nitro benzene ring substituents is 1. The molecule has 0 aliphatic carbocycles. The lowest BCUT2D eigenvalue weighted by molar-refractivity contribution is -0.385. The van der Waals surface area contributed by atoms with E-state index in [0.29, 0.717) is 24.3 Å². The summed E-state index contributed by atoms with van der Waals surface area (Å²) in [5, 5.41) is 22.7. The summed E-state index contributed by atoms with van der Waals surface area (Å²) in [6.07, 6.45) is 1.18. The average Bonchev–Trinajstić information content (AvgIpc) is 2.41. The van der Waals surface area contributed by atoms with Crippen molar-refractivity contribution < 1.29 is 19.6 Å². The molecule has 0 aromatic heterocycles. The minimum absolute atomic E-state index is 0.0374. The predicted octanol–water partition coefficient (Wildman–Crippen LogP) is 2.12. The third-order valence-electron chi connectivity index (χ3n) is 2.98. The number of nitrogens with one attached hydrogen (secondary N) is 1. The van der Waals surface area contributed by atoms with Gasteiger partial charge in [-0.15, -0.1) is 0 Å². The van der Waals surface area contributed by atoms with Gasteiger partial charge in [-0.25, -0.2) is 0 Å². The molecule has 0 saturated carbocycles. The molecule has 0 aliphatic rings. The van der Waals surface area contributed by atoms with Crippen molar-refractivity contribution in [3.63, 3.8) is 0 Å². The molecule has 21 heavy (non-hydrogen) atoms. The predicted molar refractivity (Wildman–Crippen MR) is 77.7 cm³/mol. The van der Waals surface area contributed by atoms with Crippen molar-refractivity contribution in [2.45, 2.75) is 32.7 Å². The Bertz CT molecular complexity index is 504. The molecule has 7 nitrogen and oxygen atoms in total. The van der Waals surface area contributed by atoms with Crippen LogP contribution in [-0.2, 0) is 4.79 Å². The zero-order valence-electron chi connectivity index (χ0n) is 12.2. The molecule has 0 bridgehead atoms. The van der Waals surface area contributed by atoms with Gasteiger partial charge in [-0.1, -0.05) is 6.92 Å². The molecule has 116 valence electrons. The number of rotatable bonds is 9. The molecule has 1 atom stereocenters. The molecule has 2 N–H and O–H groups in total. The van der Waals surface area contributed by atoms with E-state index in [1.54, 1.807) is 13.0 Å². The fraction of sp³-hybridized carbons (Fsp3) is 0.500. The minimum atomic E-state index is -0.910. The highest BCUT2D eigenvalue weighted by atomic mass is 16.6. The summed E-state index contributed by atoms with van der Waals surface area (Å²) >= 11 is 0. The van der Waals surface area contributed by atoms with E-state index in [-0.39, 0.29) is 12.3 Å². The summed E-state index contributed by atoms with van der Waals surface area (Å²) < 4.78 is 5.46. The molecule has 0 heterocycles. The van der Waals surface area contributed by atoms with Gasteiger partial charge in [0.05, 0.1) is 11.5 Å². The number of ether oxygens (including phenoxy) is 1. The van der Waals surface area contributed by atoms with E-state index in [4.69, 9.17) is 9.84 Å². The highest BCUT2D eigenvalue weighted by Gasteiger charge is 2.16. The van der Waals surface area contributed by atoms with Crippen LogP contribution in [0.2, 0.25) is 0 Å². The van der Waals surface area contributed by atoms with Gasteiger partial charge < -0.3 is 15.2 Å². The van der Waals surface area contributed by atoms with E-state index in [1.807, 2.05) is 6.92 Å². The van der Waals surface area contributed by atoms with Crippen molar-refractivity contribution in [3.05, 3.63) is 33.9 Å². The SMILES string of the molecule is CCCNC(CCOc1ccc([N+](=O)[O-])c(C)c1)C(=O)O. The maximum absolute atomic E-state index is 11.0. The zero-order chi connectivity index (χ0) is 15.8. The van der Waals surface area contributed by atoms with Crippen molar-refractivity contribution in [3.8, 4) is 5.75 Å². The smallest absolute Gasteiger partial charge is 0.320 e. The van der Waals surface area contributed by atoms with E-state index < -0.39 is 16.9 Å². The van der Waals surface area contributed by atoms with Crippen LogP contribution in [-0.4, -0.2) is 35.2 Å². The van der Waals surface area contributed by atoms with E-state index >= 15 is 0 Å². The van der Waals surface area contributed by atoms with Crippen molar-refractivity contribution in [2.24, 2.45) is 0 Å². The Balaban J connectivity index is 2.53. The monoisotopic (exact) mass is 296 g/mol. The van der Waals surface area contributed by atoms with Crippen LogP contribution in [0.25, 0.3) is 0 Å². The summed E-state index contributed by atoms with van der Waals surface area (Å²) in [6.45, 7) is 4.45. The van der Waals surface area contributed by atoms with E-state index in [1.165, 1.54) is 12.1 Å². The number of carbonyl (C=O) groups is 1. The topological polar surface area (TPSA) is 102 Å². The van der Waals surface area contributed by atoms with Gasteiger partial charge in [0.25, 0.3) is 5.69 Å². The molecule has 0 amide bonds. The minimum Gasteiger partial charge on any atom is -0.494 e. The maximum Gasteiger partial charge on any atom is 0.320 e. The van der Waals surface area contributed by atoms with Crippen LogP contribution in [0.3, 0.4) is 0 Å². The summed E-state index contributed by atoms with van der Waals surface area (Å²) in [6, 6.07) is 3.83. The number of nitro groups is 1. The molecule has 1 aromatic rings. The fourth-order valence-corrected chi connectivity index (χ4v) is 1.85. The van der Waals surface area contributed by atoms with Crippen molar-refractivity contribution in [2.75, 3.05) is 13.2 Å². The first kappa shape index (κ1) is 16.9. The maximum atomic E-state index is 11.0. The molecule has 0 radical (unpaired) electrons. The second-order valence-corrected chi connectivity index (χ2v) is 4.69. The lowest BCUT2D eigenvalue weighted by Crippen LogP contribution is -2.38. The Morgan fingerprint density at radius 2 is 2.24 bits per heavy atom. The highest BCUT2D eigenvalue weighted by molar-refractivity contribution is 5.73. The molecular formula is C14H20N2O5. The molecule has 1 aromatic carbocycles. The largest absolute Gasteiger partial charge is 0.494 e. The summed E-state index contributed by atoms with van der Waals surface area (Å²) in [5.41, 5.74) is 0.548. The Morgan fingerprint density at radius 1 is 1.52 bits per heavy atom. The van der Waals surface area contributed by atoms with E-state index in [2.05, 4.69) is 5.32 Å². The Morgan fingerprint density at radius 3 is 2.76 bits per heavy atom. The zero-order valence-corrected chi connectivity index (χ0v) is 12.2. The second-order valence-electron chi connectivity index (χ2n) is 4.69. The van der Waals surface area contributed by atoms with Crippen molar-refractivity contribution in [1.29, 1.82) is 0 Å². The Kier molecular flexibility index (Phi) is 6.61. The number of hydrogen-bond donors (Lipinski definition) is 2. The van der Waals surface area contributed by atoms with Gasteiger partial charge >= 0.3 is 5.97 Å². The number of aliphatic carboxylic acids is 1. The molecule has 0 saturated heterocycles. The third kappa shape index (κ3) is 5.39. The molecule has 1 unspecified atom stereocenters. The number of carboxylic acids is 1. The molecule has 0 spiro atoms. The number of carboxylic acid groups (broad SMARTS) is 1. The van der Waals surface area contributed by atoms with Gasteiger partial charge in [-0.3, -0.25) is 14.9 Å². The summed E-state index contributed by atoms with van der Waals surface area (Å²) in [4.78, 5) is 21.3. The second kappa shape index (κ2) is 8.21. The van der Waals surface area contributed by atoms with Gasteiger partial charge in [0.15, 0.2) is 0 Å². The third-order valence-corrected chi connectivity index (χ3v) is 2.98. The lowest BCUT2D eigenvalue weighted by Gasteiger charge is -2.14. The number of nitrogens with zero attached hydrogens (tertiary/aromatic N) is 1. The first-order chi connectivity index (χ1) is 9.95. The van der Waals surface area contributed by atoms with Gasteiger partial charge in [-0.2, -0.15) is 0 Å². The quantitative estimate of drug-likeness (QED) is 0.534. The van der Waals surface area contributed by atoms with E-state index in [0.717, 1.165) is 6.42 Å². The fourth-order valence-electron chi connectivity index (χ4n) is 1.85. The van der Waals surface area contributed by atoms with Gasteiger partial charge in [0.2, 0.25) is 0 Å². The Hall–Kier alpha value is -2.15. The van der Waals surface area contributed by atoms with Crippen LogP contribution in [0.1, 0.15) is 25.3 Å². The number of hydrogen-bond acceptors (Lipinski definition) is 5. The van der Waals surface area contributed by atoms with Crippen LogP contribution in [0.5, 0.6) is 5.75 Å². The Labute approximate surface area is 123 Å². The van der Waals surface area contributed by atoms with Gasteiger partial charge in [0.1, 0.15) is 11.8 Å². The van der Waals surface area contributed by atoms with Gasteiger partial charge in [-0.05, 0) is 32.0 Å². The van der Waals surface area contributed by atoms with Crippen LogP contribution in [0, 0.1) is 17.0 Å². The number of benzene rings is 1. The summed E-state index contributed by atoms with van der Waals surface area (Å²) in [7, 11) is 0. The molecular weight excluding hydrogens is 276 g/mol. The number of aryl methyl sites for hydroxylation is 1. The first-order valence-corrected chi connectivity index (χ1v) is 6.79. The molecule has 0 aliphatic heterocycles. The van der Waals surface area contributed by atoms with E-state index in [9.17, 15) is 14.9 Å². The van der Waals surface area contributed by atoms with Crippen LogP contribution >= 0.6 is 0 Å². The molecule has 0 fully saturated rings. The summed E-state index contributed by atoms with van der Waals surface area (Å²) in [5.74, 6) is -0.412.